The van der Waals surface area contributed by atoms with E-state index in [-0.39, 0.29) is 5.92 Å². The Morgan fingerprint density at radius 3 is 2.25 bits per heavy atom. The molecule has 0 saturated heterocycles. The summed E-state index contributed by atoms with van der Waals surface area (Å²) in [7, 11) is 4.09. The van der Waals surface area contributed by atoms with Crippen LogP contribution >= 0.6 is 0 Å². The molecule has 1 aromatic carbocycles. The largest absolute Gasteiger partial charge is 0.390 e. The molecule has 1 aromatic rings. The van der Waals surface area contributed by atoms with Crippen LogP contribution in [0.2, 0.25) is 0 Å². The number of hydrogen-bond acceptors (Lipinski definition) is 2. The molecule has 0 amide bonds. The molecule has 1 N–H and O–H groups in total. The van der Waals surface area contributed by atoms with Crippen LogP contribution in [0.3, 0.4) is 0 Å². The van der Waals surface area contributed by atoms with Crippen molar-refractivity contribution in [2.75, 3.05) is 20.6 Å². The summed E-state index contributed by atoms with van der Waals surface area (Å²) in [6.45, 7) is 4.82. The molecule has 0 radical (unpaired) electrons. The minimum atomic E-state index is -0.647. The van der Waals surface area contributed by atoms with E-state index >= 15 is 0 Å². The third-order valence-corrected chi connectivity index (χ3v) is 3.22. The summed E-state index contributed by atoms with van der Waals surface area (Å²) in [4.78, 5) is 2.13. The van der Waals surface area contributed by atoms with E-state index < -0.39 is 5.60 Å². The van der Waals surface area contributed by atoms with Gasteiger partial charge in [0.1, 0.15) is 0 Å². The monoisotopic (exact) mass is 221 g/mol. The Kier molecular flexibility index (Phi) is 4.51. The van der Waals surface area contributed by atoms with E-state index in [9.17, 15) is 5.11 Å². The van der Waals surface area contributed by atoms with Gasteiger partial charge in [-0.05, 0) is 33.0 Å². The number of nitrogens with zero attached hydrogens (tertiary/aromatic N) is 1. The van der Waals surface area contributed by atoms with Crippen LogP contribution in [0.4, 0.5) is 0 Å². The lowest BCUT2D eigenvalue weighted by Gasteiger charge is -2.34. The van der Waals surface area contributed by atoms with Crippen LogP contribution in [0.15, 0.2) is 30.3 Å². The first-order valence-corrected chi connectivity index (χ1v) is 5.89. The molecule has 2 heteroatoms. The highest BCUT2D eigenvalue weighted by molar-refractivity contribution is 5.23. The lowest BCUT2D eigenvalue weighted by atomic mass is 9.81. The van der Waals surface area contributed by atoms with Gasteiger partial charge in [-0.1, -0.05) is 37.3 Å². The minimum Gasteiger partial charge on any atom is -0.390 e. The molecule has 0 fully saturated rings. The molecule has 1 rings (SSSR count). The number of aliphatic hydroxyl groups is 1. The van der Waals surface area contributed by atoms with Gasteiger partial charge in [-0.2, -0.15) is 0 Å². The zero-order valence-corrected chi connectivity index (χ0v) is 10.8. The molecule has 90 valence electrons. The molecule has 2 unspecified atom stereocenters. The second-order valence-corrected chi connectivity index (χ2v) is 4.94. The molecule has 2 atom stereocenters. The Morgan fingerprint density at radius 2 is 1.81 bits per heavy atom. The number of rotatable bonds is 5. The molecule has 0 heterocycles. The van der Waals surface area contributed by atoms with Gasteiger partial charge >= 0.3 is 0 Å². The van der Waals surface area contributed by atoms with Crippen molar-refractivity contribution in [2.24, 2.45) is 0 Å². The zero-order valence-electron chi connectivity index (χ0n) is 10.8. The topological polar surface area (TPSA) is 23.5 Å². The van der Waals surface area contributed by atoms with Crippen molar-refractivity contribution in [2.45, 2.75) is 31.8 Å². The predicted molar refractivity (Wildman–Crippen MR) is 68.7 cm³/mol. The van der Waals surface area contributed by atoms with Gasteiger partial charge in [-0.25, -0.2) is 0 Å². The average molecular weight is 221 g/mol. The fourth-order valence-electron chi connectivity index (χ4n) is 1.96. The van der Waals surface area contributed by atoms with Gasteiger partial charge in [0.25, 0.3) is 0 Å². The normalized spacial score (nSPS) is 17.1. The molecule has 0 bridgehead atoms. The van der Waals surface area contributed by atoms with Crippen LogP contribution in [0.5, 0.6) is 0 Å². The second kappa shape index (κ2) is 5.46. The van der Waals surface area contributed by atoms with E-state index in [4.69, 9.17) is 0 Å². The van der Waals surface area contributed by atoms with Gasteiger partial charge in [0.15, 0.2) is 0 Å². The molecular weight excluding hydrogens is 198 g/mol. The third kappa shape index (κ3) is 3.32. The van der Waals surface area contributed by atoms with Gasteiger partial charge in [0, 0.05) is 12.5 Å². The quantitative estimate of drug-likeness (QED) is 0.825. The van der Waals surface area contributed by atoms with Crippen LogP contribution in [0.1, 0.15) is 31.7 Å². The molecule has 0 saturated carbocycles. The van der Waals surface area contributed by atoms with Crippen LogP contribution in [0, 0.1) is 0 Å². The first kappa shape index (κ1) is 13.2. The van der Waals surface area contributed by atoms with Crippen molar-refractivity contribution >= 4 is 0 Å². The molecule has 2 nitrogen and oxygen atoms in total. The van der Waals surface area contributed by atoms with E-state index in [1.54, 1.807) is 0 Å². The minimum absolute atomic E-state index is 0.161. The van der Waals surface area contributed by atoms with Gasteiger partial charge in [-0.3, -0.25) is 0 Å². The fraction of sp³-hybridized carbons (Fsp3) is 0.571. The molecule has 0 aliphatic heterocycles. The Labute approximate surface area is 98.9 Å². The van der Waals surface area contributed by atoms with Gasteiger partial charge in [-0.15, -0.1) is 0 Å². The maximum atomic E-state index is 10.5. The summed E-state index contributed by atoms with van der Waals surface area (Å²) in [5.41, 5.74) is 0.564. The summed E-state index contributed by atoms with van der Waals surface area (Å²) in [6.07, 6.45) is 0.764. The van der Waals surface area contributed by atoms with Crippen molar-refractivity contribution in [3.63, 3.8) is 0 Å². The predicted octanol–water partition coefficient (Wildman–Crippen LogP) is 2.49. The highest BCUT2D eigenvalue weighted by Crippen LogP contribution is 2.31. The Bertz CT molecular complexity index is 306. The molecule has 0 aliphatic rings. The van der Waals surface area contributed by atoms with Gasteiger partial charge in [0.05, 0.1) is 5.60 Å². The van der Waals surface area contributed by atoms with Crippen LogP contribution in [-0.2, 0) is 0 Å². The number of hydrogen-bond donors (Lipinski definition) is 1. The smallest absolute Gasteiger partial charge is 0.0697 e. The van der Waals surface area contributed by atoms with E-state index in [1.165, 1.54) is 5.56 Å². The van der Waals surface area contributed by atoms with Crippen molar-refractivity contribution in [1.82, 2.24) is 4.90 Å². The summed E-state index contributed by atoms with van der Waals surface area (Å²) in [5, 5.41) is 10.5. The number of likely N-dealkylation sites (N-methyl/N-ethyl adjacent to an activating group) is 1. The third-order valence-electron chi connectivity index (χ3n) is 3.22. The van der Waals surface area contributed by atoms with Crippen molar-refractivity contribution in [3.8, 4) is 0 Å². The molecule has 16 heavy (non-hydrogen) atoms. The van der Waals surface area contributed by atoms with Crippen molar-refractivity contribution in [3.05, 3.63) is 35.9 Å². The van der Waals surface area contributed by atoms with E-state index in [2.05, 4.69) is 17.0 Å². The lowest BCUT2D eigenvalue weighted by Crippen LogP contribution is -2.38. The van der Waals surface area contributed by atoms with Crippen molar-refractivity contribution < 1.29 is 5.11 Å². The lowest BCUT2D eigenvalue weighted by molar-refractivity contribution is 0.0183. The fourth-order valence-corrected chi connectivity index (χ4v) is 1.96. The van der Waals surface area contributed by atoms with E-state index in [0.717, 1.165) is 13.0 Å². The summed E-state index contributed by atoms with van der Waals surface area (Å²) >= 11 is 0. The highest BCUT2D eigenvalue weighted by atomic mass is 16.3. The first-order valence-electron chi connectivity index (χ1n) is 5.89. The average Bonchev–Trinajstić information content (AvgIpc) is 2.27. The summed E-state index contributed by atoms with van der Waals surface area (Å²) in [5.74, 6) is 0.161. The zero-order chi connectivity index (χ0) is 12.2. The second-order valence-electron chi connectivity index (χ2n) is 4.94. The standard InChI is InChI=1S/C14H23NO/c1-5-14(2,16)13(11-15(3)4)12-9-7-6-8-10-12/h6-10,13,16H,5,11H2,1-4H3. The van der Waals surface area contributed by atoms with Gasteiger partial charge in [0.2, 0.25) is 0 Å². The Balaban J connectivity index is 2.97. The van der Waals surface area contributed by atoms with E-state index in [1.807, 2.05) is 46.1 Å². The van der Waals surface area contributed by atoms with Crippen LogP contribution in [-0.4, -0.2) is 36.2 Å². The van der Waals surface area contributed by atoms with Gasteiger partial charge < -0.3 is 10.0 Å². The number of benzene rings is 1. The Morgan fingerprint density at radius 1 is 1.25 bits per heavy atom. The maximum absolute atomic E-state index is 10.5. The van der Waals surface area contributed by atoms with Crippen molar-refractivity contribution in [1.29, 1.82) is 0 Å². The molecule has 0 aliphatic carbocycles. The molecule has 0 aromatic heterocycles. The van der Waals surface area contributed by atoms with Crippen LogP contribution in [0.25, 0.3) is 0 Å². The van der Waals surface area contributed by atoms with Crippen LogP contribution < -0.4 is 0 Å². The maximum Gasteiger partial charge on any atom is 0.0697 e. The summed E-state index contributed by atoms with van der Waals surface area (Å²) < 4.78 is 0. The Hall–Kier alpha value is -0.860. The SMILES string of the molecule is CCC(C)(O)C(CN(C)C)c1ccccc1. The highest BCUT2D eigenvalue weighted by Gasteiger charge is 2.31. The molecule has 0 spiro atoms. The first-order chi connectivity index (χ1) is 7.47. The molecular formula is C14H23NO. The van der Waals surface area contributed by atoms with E-state index in [0.29, 0.717) is 0 Å². The summed E-state index contributed by atoms with van der Waals surface area (Å²) in [6, 6.07) is 10.3.